The van der Waals surface area contributed by atoms with Crippen LogP contribution in [0.1, 0.15) is 108 Å². The highest BCUT2D eigenvalue weighted by Crippen LogP contribution is 2.61. The molecule has 2 heterocycles. The van der Waals surface area contributed by atoms with Gasteiger partial charge in [-0.25, -0.2) is 0 Å². The normalized spacial score (nSPS) is 30.0. The Kier molecular flexibility index (Phi) is 13.0. The van der Waals surface area contributed by atoms with Gasteiger partial charge in [0.1, 0.15) is 0 Å². The quantitative estimate of drug-likeness (QED) is 0.191. The molecule has 5 saturated carbocycles. The van der Waals surface area contributed by atoms with Gasteiger partial charge in [0.25, 0.3) is 0 Å². The van der Waals surface area contributed by atoms with Crippen molar-refractivity contribution in [1.29, 1.82) is 5.41 Å². The van der Waals surface area contributed by atoms with E-state index < -0.39 is 0 Å². The second-order valence-corrected chi connectivity index (χ2v) is 17.4. The van der Waals surface area contributed by atoms with Gasteiger partial charge in [0.15, 0.2) is 11.9 Å². The van der Waals surface area contributed by atoms with Gasteiger partial charge >= 0.3 is 0 Å². The number of nitrogens with one attached hydrogen (secondary N) is 1. The summed E-state index contributed by atoms with van der Waals surface area (Å²) in [6, 6.07) is 20.7. The van der Waals surface area contributed by atoms with Crippen LogP contribution < -0.4 is 5.73 Å². The average Bonchev–Trinajstić information content (AvgIpc) is 3.62. The van der Waals surface area contributed by atoms with Crippen LogP contribution in [0, 0.1) is 34.5 Å². The number of hydrogen-bond acceptors (Lipinski definition) is 4. The van der Waals surface area contributed by atoms with Crippen molar-refractivity contribution in [2.24, 2.45) is 39.8 Å². The summed E-state index contributed by atoms with van der Waals surface area (Å²) in [6.45, 7) is 4.94. The number of nitrogens with zero attached hydrogens (tertiary/aromatic N) is 4. The molecule has 0 spiro atoms. The van der Waals surface area contributed by atoms with E-state index in [0.717, 1.165) is 81.2 Å². The third kappa shape index (κ3) is 8.91. The number of unbranched alkanes of at least 4 members (excludes halogenated alkanes) is 1. The van der Waals surface area contributed by atoms with E-state index in [4.69, 9.17) is 10.7 Å². The molecule has 1 saturated heterocycles. The van der Waals surface area contributed by atoms with Crippen molar-refractivity contribution in [1.82, 2.24) is 14.7 Å². The Bertz CT molecular complexity index is 1400. The Labute approximate surface area is 322 Å². The molecule has 6 fully saturated rings. The van der Waals surface area contributed by atoms with Crippen LogP contribution in [0.15, 0.2) is 59.6 Å². The molecule has 5 aliphatic carbocycles. The van der Waals surface area contributed by atoms with Crippen LogP contribution in [-0.4, -0.2) is 71.4 Å². The highest BCUT2D eigenvalue weighted by Gasteiger charge is 2.50. The van der Waals surface area contributed by atoms with Crippen LogP contribution in [-0.2, 0) is 6.42 Å². The summed E-state index contributed by atoms with van der Waals surface area (Å²) < 4.78 is 0. The van der Waals surface area contributed by atoms with Crippen molar-refractivity contribution in [2.45, 2.75) is 121 Å². The van der Waals surface area contributed by atoms with Crippen LogP contribution in [0.25, 0.3) is 11.1 Å². The second kappa shape index (κ2) is 17.2. The lowest BCUT2D eigenvalue weighted by Gasteiger charge is -2.57. The number of aliphatic imine (C=N–C) groups is 1. The molecule has 51 heavy (non-hydrogen) atoms. The molecule has 0 aromatic heterocycles. The third-order valence-electron chi connectivity index (χ3n) is 13.9. The lowest BCUT2D eigenvalue weighted by atomic mass is 9.49. The summed E-state index contributed by atoms with van der Waals surface area (Å²) in [6.07, 6.45) is 23.0. The molecule has 2 aromatic carbocycles. The monoisotopic (exact) mass is 730 g/mol. The molecule has 7 aliphatic rings. The number of hydrogen-bond donors (Lipinski definition) is 2. The Morgan fingerprint density at radius 1 is 0.745 bits per heavy atom. The summed E-state index contributed by atoms with van der Waals surface area (Å²) in [5, 5.41) is 9.32. The summed E-state index contributed by atoms with van der Waals surface area (Å²) in [7, 11) is 0. The fraction of sp³-hybridized carbons (Fsp3) is 0.674. The molecular weight excluding hydrogens is 665 g/mol. The Morgan fingerprint density at radius 3 is 2.10 bits per heavy atom. The molecular formula is C43H66N6S2. The molecule has 2 aliphatic heterocycles. The minimum Gasteiger partial charge on any atom is -0.370 e. The second-order valence-electron chi connectivity index (χ2n) is 17.4. The zero-order chi connectivity index (χ0) is 33.2. The standard InChI is InChI=1S/C43H62N6.2H2S/c44-41-46-30-39(48(41)22-19-43-27-34-23-35(28-43)25-36(24-34)29-43)13-7-8-20-47-31-40(26-33-9-3-1-4-10-33)49(42(47)45)21-18-32-14-16-38(17-15-32)37-11-5-2-6-12-37;;/h2,5-6,11-12,14-17,33-36,39-40,45H,1,3-4,7-10,13,18-31H2,(H2,44,46);2*1H2/t34?,35?,36?,39-,40-,43?;;/m0../s1. The van der Waals surface area contributed by atoms with Crippen molar-refractivity contribution in [3.63, 3.8) is 0 Å². The smallest absolute Gasteiger partial charge is 0.194 e. The van der Waals surface area contributed by atoms with Crippen LogP contribution >= 0.6 is 27.0 Å². The zero-order valence-corrected chi connectivity index (χ0v) is 33.1. The maximum Gasteiger partial charge on any atom is 0.194 e. The number of benzene rings is 2. The predicted octanol–water partition coefficient (Wildman–Crippen LogP) is 8.79. The highest BCUT2D eigenvalue weighted by molar-refractivity contribution is 7.59. The molecule has 3 N–H and O–H groups in total. The molecule has 4 bridgehead atoms. The van der Waals surface area contributed by atoms with Gasteiger partial charge < -0.3 is 20.4 Å². The first-order valence-electron chi connectivity index (χ1n) is 20.3. The van der Waals surface area contributed by atoms with Crippen molar-refractivity contribution in [2.75, 3.05) is 32.7 Å². The van der Waals surface area contributed by atoms with E-state index in [1.54, 1.807) is 0 Å². The lowest BCUT2D eigenvalue weighted by Crippen LogP contribution is -2.49. The molecule has 8 heteroatoms. The van der Waals surface area contributed by atoms with Crippen LogP contribution in [0.5, 0.6) is 0 Å². The van der Waals surface area contributed by atoms with Crippen LogP contribution in [0.2, 0.25) is 0 Å². The van der Waals surface area contributed by atoms with Gasteiger partial charge in [-0.15, -0.1) is 0 Å². The number of nitrogens with two attached hydrogens (primary N) is 1. The van der Waals surface area contributed by atoms with E-state index in [9.17, 15) is 5.41 Å². The topological polar surface area (TPSA) is 71.9 Å². The van der Waals surface area contributed by atoms with E-state index in [1.807, 2.05) is 0 Å². The molecule has 0 amide bonds. The molecule has 9 rings (SSSR count). The minimum absolute atomic E-state index is 0. The van der Waals surface area contributed by atoms with Crippen molar-refractivity contribution >= 4 is 38.9 Å². The van der Waals surface area contributed by atoms with Crippen LogP contribution in [0.3, 0.4) is 0 Å². The largest absolute Gasteiger partial charge is 0.370 e. The minimum atomic E-state index is 0. The maximum atomic E-state index is 9.32. The average molecular weight is 731 g/mol. The van der Waals surface area contributed by atoms with Crippen molar-refractivity contribution in [3.8, 4) is 11.1 Å². The van der Waals surface area contributed by atoms with E-state index >= 15 is 0 Å². The van der Waals surface area contributed by atoms with E-state index in [2.05, 4.69) is 69.3 Å². The van der Waals surface area contributed by atoms with Gasteiger partial charge in [-0.1, -0.05) is 86.7 Å². The summed E-state index contributed by atoms with van der Waals surface area (Å²) in [5.74, 6) is 5.44. The van der Waals surface area contributed by atoms with E-state index in [-0.39, 0.29) is 27.0 Å². The van der Waals surface area contributed by atoms with Gasteiger partial charge in [0.2, 0.25) is 0 Å². The predicted molar refractivity (Wildman–Crippen MR) is 223 cm³/mol. The Hall–Kier alpha value is -2.32. The third-order valence-corrected chi connectivity index (χ3v) is 13.9. The SMILES string of the molecule is N=C1N(CCCC[C@H]2CN=C(N)N2CCC23CC4CC(CC(C4)C2)C3)C[C@H](CC2CCCCC2)N1CCc1ccc(-c2ccccc2)cc1.S.S. The summed E-state index contributed by atoms with van der Waals surface area (Å²) in [5.41, 5.74) is 11.0. The lowest BCUT2D eigenvalue weighted by molar-refractivity contribution is -0.0597. The number of guanidine groups is 2. The molecule has 2 atom stereocenters. The Morgan fingerprint density at radius 2 is 1.41 bits per heavy atom. The maximum absolute atomic E-state index is 9.32. The van der Waals surface area contributed by atoms with Gasteiger partial charge in [-0.05, 0) is 123 Å². The van der Waals surface area contributed by atoms with E-state index in [0.29, 0.717) is 17.5 Å². The summed E-state index contributed by atoms with van der Waals surface area (Å²) in [4.78, 5) is 12.1. The molecule has 6 nitrogen and oxygen atoms in total. The van der Waals surface area contributed by atoms with E-state index in [1.165, 1.54) is 113 Å². The van der Waals surface area contributed by atoms with Gasteiger partial charge in [0.05, 0.1) is 12.6 Å². The Balaban J connectivity index is 0.00000224. The zero-order valence-electron chi connectivity index (χ0n) is 31.1. The molecule has 0 unspecified atom stereocenters. The van der Waals surface area contributed by atoms with Crippen LogP contribution in [0.4, 0.5) is 0 Å². The van der Waals surface area contributed by atoms with Gasteiger partial charge in [0, 0.05) is 32.2 Å². The summed E-state index contributed by atoms with van der Waals surface area (Å²) >= 11 is 0. The fourth-order valence-electron chi connectivity index (χ4n) is 11.8. The van der Waals surface area contributed by atoms with Gasteiger partial charge in [-0.2, -0.15) is 27.0 Å². The van der Waals surface area contributed by atoms with Crippen molar-refractivity contribution < 1.29 is 0 Å². The molecule has 0 radical (unpaired) electrons. The first-order valence-corrected chi connectivity index (χ1v) is 20.3. The fourth-order valence-corrected chi connectivity index (χ4v) is 11.8. The highest BCUT2D eigenvalue weighted by atomic mass is 32.1. The molecule has 2 aromatic rings. The first-order chi connectivity index (χ1) is 24.0. The number of rotatable bonds is 14. The van der Waals surface area contributed by atoms with Gasteiger partial charge in [-0.3, -0.25) is 10.4 Å². The van der Waals surface area contributed by atoms with Crippen molar-refractivity contribution in [3.05, 3.63) is 60.2 Å². The first kappa shape index (κ1) is 38.4. The molecule has 280 valence electrons.